The van der Waals surface area contributed by atoms with Crippen LogP contribution in [0, 0.1) is 5.41 Å². The Bertz CT molecular complexity index is 453. The van der Waals surface area contributed by atoms with E-state index in [9.17, 15) is 0 Å². The molecular weight excluding hydrogens is 234 g/mol. The molecule has 0 heterocycles. The van der Waals surface area contributed by atoms with Crippen molar-refractivity contribution in [2.75, 3.05) is 7.11 Å². The van der Waals surface area contributed by atoms with E-state index in [4.69, 9.17) is 10.5 Å². The molecule has 1 saturated carbocycles. The van der Waals surface area contributed by atoms with Crippen LogP contribution in [0.1, 0.15) is 51.7 Å². The van der Waals surface area contributed by atoms with Crippen molar-refractivity contribution in [3.8, 4) is 5.75 Å². The van der Waals surface area contributed by atoms with Crippen molar-refractivity contribution in [3.05, 3.63) is 29.3 Å². The first-order chi connectivity index (χ1) is 8.78. The minimum absolute atomic E-state index is 0.152. The molecule has 2 rings (SSSR count). The van der Waals surface area contributed by atoms with E-state index >= 15 is 0 Å². The maximum Gasteiger partial charge on any atom is 0.122 e. The second-order valence-electron chi connectivity index (χ2n) is 7.22. The van der Waals surface area contributed by atoms with Gasteiger partial charge in [-0.15, -0.1) is 0 Å². The van der Waals surface area contributed by atoms with Crippen molar-refractivity contribution in [2.24, 2.45) is 11.1 Å². The molecule has 1 fully saturated rings. The summed E-state index contributed by atoms with van der Waals surface area (Å²) in [6.45, 7) is 8.93. The Balaban J connectivity index is 2.38. The van der Waals surface area contributed by atoms with Crippen LogP contribution < -0.4 is 10.5 Å². The number of rotatable bonds is 4. The number of methoxy groups -OCH3 is 1. The van der Waals surface area contributed by atoms with E-state index in [0.29, 0.717) is 5.41 Å². The molecule has 0 bridgehead atoms. The quantitative estimate of drug-likeness (QED) is 0.897. The highest BCUT2D eigenvalue weighted by Crippen LogP contribution is 2.53. The van der Waals surface area contributed by atoms with Gasteiger partial charge in [-0.1, -0.05) is 32.9 Å². The van der Waals surface area contributed by atoms with E-state index in [2.05, 4.69) is 45.9 Å². The van der Waals surface area contributed by atoms with Gasteiger partial charge in [0.05, 0.1) is 7.11 Å². The standard InChI is InChI=1S/C17H27NO/c1-12(18)17(8-9-17)14-10-13(11-16(2,3)4)6-7-15(14)19-5/h6-7,10,12H,8-9,11,18H2,1-5H3. The lowest BCUT2D eigenvalue weighted by atomic mass is 9.83. The van der Waals surface area contributed by atoms with Crippen LogP contribution in [0.2, 0.25) is 0 Å². The van der Waals surface area contributed by atoms with Crippen LogP contribution in [0.15, 0.2) is 18.2 Å². The normalized spacial score (nSPS) is 19.1. The molecule has 1 atom stereocenters. The second-order valence-corrected chi connectivity index (χ2v) is 7.22. The lowest BCUT2D eigenvalue weighted by molar-refractivity contribution is 0.394. The van der Waals surface area contributed by atoms with Crippen LogP contribution in [0.25, 0.3) is 0 Å². The van der Waals surface area contributed by atoms with Gasteiger partial charge in [-0.2, -0.15) is 0 Å². The Morgan fingerprint density at radius 2 is 1.95 bits per heavy atom. The predicted molar refractivity (Wildman–Crippen MR) is 80.7 cm³/mol. The third kappa shape index (κ3) is 2.94. The predicted octanol–water partition coefficient (Wildman–Crippen LogP) is 3.66. The SMILES string of the molecule is COc1ccc(CC(C)(C)C)cc1C1(C(C)N)CC1. The van der Waals surface area contributed by atoms with Crippen LogP contribution in [0.5, 0.6) is 5.75 Å². The van der Waals surface area contributed by atoms with E-state index in [0.717, 1.165) is 12.2 Å². The molecule has 0 saturated heterocycles. The maximum atomic E-state index is 6.21. The molecule has 2 N–H and O–H groups in total. The van der Waals surface area contributed by atoms with Gasteiger partial charge in [0.15, 0.2) is 0 Å². The van der Waals surface area contributed by atoms with Gasteiger partial charge in [-0.3, -0.25) is 0 Å². The number of ether oxygens (including phenoxy) is 1. The van der Waals surface area contributed by atoms with Gasteiger partial charge in [0, 0.05) is 17.0 Å². The summed E-state index contributed by atoms with van der Waals surface area (Å²) >= 11 is 0. The highest BCUT2D eigenvalue weighted by atomic mass is 16.5. The van der Waals surface area contributed by atoms with Gasteiger partial charge in [0.25, 0.3) is 0 Å². The number of hydrogen-bond donors (Lipinski definition) is 1. The zero-order valence-corrected chi connectivity index (χ0v) is 12.9. The molecule has 0 spiro atoms. The Labute approximate surface area is 117 Å². The van der Waals surface area contributed by atoms with E-state index in [1.54, 1.807) is 7.11 Å². The molecule has 106 valence electrons. The highest BCUT2D eigenvalue weighted by molar-refractivity contribution is 5.47. The molecule has 0 aromatic heterocycles. The molecule has 0 aliphatic heterocycles. The molecule has 2 heteroatoms. The van der Waals surface area contributed by atoms with Crippen molar-refractivity contribution >= 4 is 0 Å². The third-order valence-corrected chi connectivity index (χ3v) is 4.20. The average molecular weight is 261 g/mol. The van der Waals surface area contributed by atoms with Crippen LogP contribution in [0.3, 0.4) is 0 Å². The number of nitrogens with two attached hydrogens (primary N) is 1. The van der Waals surface area contributed by atoms with Crippen LogP contribution in [-0.2, 0) is 11.8 Å². The first kappa shape index (κ1) is 14.4. The van der Waals surface area contributed by atoms with Gasteiger partial charge in [-0.05, 0) is 43.2 Å². The molecule has 1 aromatic carbocycles. The second kappa shape index (κ2) is 4.82. The molecular formula is C17H27NO. The Kier molecular flexibility index (Phi) is 3.65. The fourth-order valence-electron chi connectivity index (χ4n) is 2.97. The van der Waals surface area contributed by atoms with Gasteiger partial charge < -0.3 is 10.5 Å². The maximum absolute atomic E-state index is 6.21. The zero-order valence-electron chi connectivity index (χ0n) is 12.9. The van der Waals surface area contributed by atoms with E-state index in [1.807, 2.05) is 0 Å². The van der Waals surface area contributed by atoms with Gasteiger partial charge >= 0.3 is 0 Å². The van der Waals surface area contributed by atoms with E-state index < -0.39 is 0 Å². The van der Waals surface area contributed by atoms with Crippen molar-refractivity contribution < 1.29 is 4.74 Å². The van der Waals surface area contributed by atoms with Crippen molar-refractivity contribution in [1.82, 2.24) is 0 Å². The summed E-state index contributed by atoms with van der Waals surface area (Å²) in [5.74, 6) is 0.993. The first-order valence-electron chi connectivity index (χ1n) is 7.21. The molecule has 0 radical (unpaired) electrons. The van der Waals surface area contributed by atoms with Crippen molar-refractivity contribution in [2.45, 2.75) is 58.4 Å². The third-order valence-electron chi connectivity index (χ3n) is 4.20. The lowest BCUT2D eigenvalue weighted by Crippen LogP contribution is -2.32. The smallest absolute Gasteiger partial charge is 0.122 e. The minimum Gasteiger partial charge on any atom is -0.496 e. The highest BCUT2D eigenvalue weighted by Gasteiger charge is 2.49. The summed E-state index contributed by atoms with van der Waals surface area (Å²) in [6, 6.07) is 6.80. The van der Waals surface area contributed by atoms with Crippen LogP contribution >= 0.6 is 0 Å². The fourth-order valence-corrected chi connectivity index (χ4v) is 2.97. The summed E-state index contributed by atoms with van der Waals surface area (Å²) < 4.78 is 5.55. The van der Waals surface area contributed by atoms with Gasteiger partial charge in [0.2, 0.25) is 0 Å². The topological polar surface area (TPSA) is 35.2 Å². The largest absolute Gasteiger partial charge is 0.496 e. The fraction of sp³-hybridized carbons (Fsp3) is 0.647. The molecule has 1 aliphatic carbocycles. The molecule has 19 heavy (non-hydrogen) atoms. The Hall–Kier alpha value is -1.02. The lowest BCUT2D eigenvalue weighted by Gasteiger charge is -2.25. The van der Waals surface area contributed by atoms with Crippen LogP contribution in [-0.4, -0.2) is 13.2 Å². The monoisotopic (exact) mass is 261 g/mol. The summed E-state index contributed by atoms with van der Waals surface area (Å²) in [5.41, 5.74) is 9.36. The van der Waals surface area contributed by atoms with Gasteiger partial charge in [0.1, 0.15) is 5.75 Å². The molecule has 1 aromatic rings. The number of hydrogen-bond acceptors (Lipinski definition) is 2. The Morgan fingerprint density at radius 3 is 2.37 bits per heavy atom. The summed E-state index contributed by atoms with van der Waals surface area (Å²) in [6.07, 6.45) is 3.44. The van der Waals surface area contributed by atoms with E-state index in [1.165, 1.54) is 24.0 Å². The number of benzene rings is 1. The minimum atomic E-state index is 0.152. The molecule has 1 unspecified atom stereocenters. The molecule has 0 amide bonds. The van der Waals surface area contributed by atoms with Gasteiger partial charge in [-0.25, -0.2) is 0 Å². The average Bonchev–Trinajstić information content (AvgIpc) is 3.07. The summed E-state index contributed by atoms with van der Waals surface area (Å²) in [5, 5.41) is 0. The van der Waals surface area contributed by atoms with E-state index in [-0.39, 0.29) is 11.5 Å². The molecule has 1 aliphatic rings. The Morgan fingerprint density at radius 1 is 1.32 bits per heavy atom. The zero-order chi connectivity index (χ0) is 14.3. The molecule has 2 nitrogen and oxygen atoms in total. The first-order valence-corrected chi connectivity index (χ1v) is 7.21. The van der Waals surface area contributed by atoms with Crippen molar-refractivity contribution in [3.63, 3.8) is 0 Å². The van der Waals surface area contributed by atoms with Crippen LogP contribution in [0.4, 0.5) is 0 Å². The van der Waals surface area contributed by atoms with Crippen molar-refractivity contribution in [1.29, 1.82) is 0 Å². The summed E-state index contributed by atoms with van der Waals surface area (Å²) in [7, 11) is 1.75. The summed E-state index contributed by atoms with van der Waals surface area (Å²) in [4.78, 5) is 0.